The van der Waals surface area contributed by atoms with Crippen molar-refractivity contribution < 1.29 is 0 Å². The summed E-state index contributed by atoms with van der Waals surface area (Å²) in [6.45, 7) is 11.9. The van der Waals surface area contributed by atoms with Crippen LogP contribution in [0.3, 0.4) is 0 Å². The number of hydrogen-bond acceptors (Lipinski definition) is 3. The highest BCUT2D eigenvalue weighted by Crippen LogP contribution is 2.26. The van der Waals surface area contributed by atoms with Gasteiger partial charge in [0.05, 0.1) is 0 Å². The lowest BCUT2D eigenvalue weighted by Gasteiger charge is -2.40. The van der Waals surface area contributed by atoms with Crippen LogP contribution in [0, 0.1) is 5.92 Å². The maximum absolute atomic E-state index is 3.80. The first-order valence-corrected chi connectivity index (χ1v) is 7.79. The second kappa shape index (κ2) is 6.36. The van der Waals surface area contributed by atoms with Crippen molar-refractivity contribution in [2.24, 2.45) is 5.92 Å². The van der Waals surface area contributed by atoms with Gasteiger partial charge in [0, 0.05) is 37.8 Å². The Hall–Kier alpha value is -0.120. The summed E-state index contributed by atoms with van der Waals surface area (Å²) < 4.78 is 0. The third kappa shape index (κ3) is 3.69. The summed E-state index contributed by atoms with van der Waals surface area (Å²) in [5, 5.41) is 3.80. The van der Waals surface area contributed by atoms with Gasteiger partial charge in [-0.05, 0) is 45.7 Å². The Labute approximate surface area is 113 Å². The fourth-order valence-corrected chi connectivity index (χ4v) is 3.26. The summed E-state index contributed by atoms with van der Waals surface area (Å²) >= 11 is 0. The van der Waals surface area contributed by atoms with Gasteiger partial charge in [0.15, 0.2) is 0 Å². The minimum absolute atomic E-state index is 0.717. The van der Waals surface area contributed by atoms with Crippen molar-refractivity contribution in [3.63, 3.8) is 0 Å². The number of rotatable bonds is 6. The molecule has 106 valence electrons. The molecule has 0 radical (unpaired) electrons. The van der Waals surface area contributed by atoms with Gasteiger partial charge in [-0.1, -0.05) is 13.8 Å². The molecule has 1 heterocycles. The molecule has 1 aliphatic carbocycles. The highest BCUT2D eigenvalue weighted by Gasteiger charge is 2.30. The lowest BCUT2D eigenvalue weighted by atomic mass is 9.90. The van der Waals surface area contributed by atoms with Crippen LogP contribution < -0.4 is 5.32 Å². The number of likely N-dealkylation sites (tertiary alicyclic amines) is 1. The molecular formula is C15H31N3. The van der Waals surface area contributed by atoms with Crippen molar-refractivity contribution in [3.05, 3.63) is 0 Å². The molecule has 2 rings (SSSR count). The van der Waals surface area contributed by atoms with Gasteiger partial charge in [-0.3, -0.25) is 4.90 Å². The number of piperidine rings is 1. The fraction of sp³-hybridized carbons (Fsp3) is 1.00. The molecule has 0 amide bonds. The first-order valence-electron chi connectivity index (χ1n) is 7.79. The van der Waals surface area contributed by atoms with Crippen molar-refractivity contribution in [1.29, 1.82) is 0 Å². The summed E-state index contributed by atoms with van der Waals surface area (Å²) in [4.78, 5) is 5.13. The van der Waals surface area contributed by atoms with Crippen LogP contribution in [-0.2, 0) is 0 Å². The van der Waals surface area contributed by atoms with Crippen molar-refractivity contribution in [2.45, 2.75) is 58.2 Å². The van der Waals surface area contributed by atoms with Gasteiger partial charge in [0.1, 0.15) is 0 Å². The van der Waals surface area contributed by atoms with E-state index in [1.54, 1.807) is 0 Å². The summed E-state index contributed by atoms with van der Waals surface area (Å²) in [6, 6.07) is 2.35. The molecule has 1 N–H and O–H groups in total. The standard InChI is InChI=1S/C15H31N3/c1-5-18(14-6-7-14)9-8-16-15-10-13(3)17(4)11-12(15)2/h12-16H,5-11H2,1-4H3. The molecular weight excluding hydrogens is 222 g/mol. The monoisotopic (exact) mass is 253 g/mol. The van der Waals surface area contributed by atoms with Crippen LogP contribution in [0.5, 0.6) is 0 Å². The van der Waals surface area contributed by atoms with Crippen LogP contribution in [-0.4, -0.2) is 61.2 Å². The van der Waals surface area contributed by atoms with Crippen LogP contribution in [0.4, 0.5) is 0 Å². The summed E-state index contributed by atoms with van der Waals surface area (Å²) in [6.07, 6.45) is 4.15. The van der Waals surface area contributed by atoms with E-state index < -0.39 is 0 Å². The van der Waals surface area contributed by atoms with Crippen LogP contribution in [0.2, 0.25) is 0 Å². The molecule has 0 aromatic heterocycles. The summed E-state index contributed by atoms with van der Waals surface area (Å²) in [5.41, 5.74) is 0. The fourth-order valence-electron chi connectivity index (χ4n) is 3.26. The van der Waals surface area contributed by atoms with Crippen molar-refractivity contribution in [2.75, 3.05) is 33.2 Å². The minimum Gasteiger partial charge on any atom is -0.312 e. The quantitative estimate of drug-likeness (QED) is 0.778. The van der Waals surface area contributed by atoms with Crippen molar-refractivity contribution in [1.82, 2.24) is 15.1 Å². The molecule has 0 bridgehead atoms. The van der Waals surface area contributed by atoms with E-state index in [9.17, 15) is 0 Å². The topological polar surface area (TPSA) is 18.5 Å². The molecule has 2 fully saturated rings. The number of likely N-dealkylation sites (N-methyl/N-ethyl adjacent to an activating group) is 1. The maximum atomic E-state index is 3.80. The van der Waals surface area contributed by atoms with E-state index >= 15 is 0 Å². The molecule has 3 unspecified atom stereocenters. The molecule has 0 aromatic carbocycles. The van der Waals surface area contributed by atoms with Crippen molar-refractivity contribution >= 4 is 0 Å². The van der Waals surface area contributed by atoms with Crippen LogP contribution in [0.15, 0.2) is 0 Å². The molecule has 3 atom stereocenters. The van der Waals surface area contributed by atoms with E-state index in [2.05, 4.69) is 42.9 Å². The second-order valence-corrected chi connectivity index (χ2v) is 6.42. The van der Waals surface area contributed by atoms with Gasteiger partial charge in [0.25, 0.3) is 0 Å². The van der Waals surface area contributed by atoms with Crippen LogP contribution in [0.1, 0.15) is 40.0 Å². The van der Waals surface area contributed by atoms with E-state index in [-0.39, 0.29) is 0 Å². The highest BCUT2D eigenvalue weighted by atomic mass is 15.2. The Balaban J connectivity index is 1.69. The van der Waals surface area contributed by atoms with Crippen LogP contribution in [0.25, 0.3) is 0 Å². The molecule has 0 aromatic rings. The number of nitrogens with zero attached hydrogens (tertiary/aromatic N) is 2. The first-order chi connectivity index (χ1) is 8.61. The zero-order valence-corrected chi connectivity index (χ0v) is 12.7. The van der Waals surface area contributed by atoms with Crippen LogP contribution >= 0.6 is 0 Å². The Morgan fingerprint density at radius 2 is 2.00 bits per heavy atom. The molecule has 3 nitrogen and oxygen atoms in total. The predicted octanol–water partition coefficient (Wildman–Crippen LogP) is 1.79. The van der Waals surface area contributed by atoms with E-state index in [4.69, 9.17) is 0 Å². The average Bonchev–Trinajstić information content (AvgIpc) is 3.15. The molecule has 1 saturated heterocycles. The van der Waals surface area contributed by atoms with Gasteiger partial charge in [0.2, 0.25) is 0 Å². The Kier molecular flexibility index (Phi) is 5.05. The van der Waals surface area contributed by atoms with Crippen molar-refractivity contribution in [3.8, 4) is 0 Å². The zero-order chi connectivity index (χ0) is 13.1. The maximum Gasteiger partial charge on any atom is 0.0120 e. The summed E-state index contributed by atoms with van der Waals surface area (Å²) in [7, 11) is 2.25. The van der Waals surface area contributed by atoms with E-state index in [1.165, 1.54) is 38.9 Å². The van der Waals surface area contributed by atoms with Gasteiger partial charge in [-0.15, -0.1) is 0 Å². The highest BCUT2D eigenvalue weighted by molar-refractivity contribution is 4.87. The third-order valence-electron chi connectivity index (χ3n) is 4.89. The van der Waals surface area contributed by atoms with Gasteiger partial charge in [-0.2, -0.15) is 0 Å². The third-order valence-corrected chi connectivity index (χ3v) is 4.89. The predicted molar refractivity (Wildman–Crippen MR) is 77.9 cm³/mol. The Bertz CT molecular complexity index is 252. The lowest BCUT2D eigenvalue weighted by Crippen LogP contribution is -2.52. The summed E-state index contributed by atoms with van der Waals surface area (Å²) in [5.74, 6) is 0.780. The lowest BCUT2D eigenvalue weighted by molar-refractivity contribution is 0.119. The number of hydrogen-bond donors (Lipinski definition) is 1. The SMILES string of the molecule is CCN(CCNC1CC(C)N(C)CC1C)C1CC1. The molecule has 18 heavy (non-hydrogen) atoms. The molecule has 1 aliphatic heterocycles. The Morgan fingerprint density at radius 1 is 1.28 bits per heavy atom. The molecule has 1 saturated carbocycles. The van der Waals surface area contributed by atoms with Gasteiger partial charge in [-0.25, -0.2) is 0 Å². The molecule has 2 aliphatic rings. The average molecular weight is 253 g/mol. The van der Waals surface area contributed by atoms with E-state index in [0.717, 1.165) is 24.5 Å². The molecule has 3 heteroatoms. The normalized spacial score (nSPS) is 34.2. The first kappa shape index (κ1) is 14.3. The number of nitrogens with one attached hydrogen (secondary N) is 1. The Morgan fingerprint density at radius 3 is 2.61 bits per heavy atom. The second-order valence-electron chi connectivity index (χ2n) is 6.42. The minimum atomic E-state index is 0.717. The molecule has 0 spiro atoms. The smallest absolute Gasteiger partial charge is 0.0120 e. The van der Waals surface area contributed by atoms with E-state index in [0.29, 0.717) is 6.04 Å². The largest absolute Gasteiger partial charge is 0.312 e. The van der Waals surface area contributed by atoms with E-state index in [1.807, 2.05) is 0 Å². The van der Waals surface area contributed by atoms with Gasteiger partial charge >= 0.3 is 0 Å². The zero-order valence-electron chi connectivity index (χ0n) is 12.7. The van der Waals surface area contributed by atoms with Gasteiger partial charge < -0.3 is 10.2 Å².